The molecule has 1 atom stereocenters. The number of anilines is 1. The first-order chi connectivity index (χ1) is 14.0. The fourth-order valence-corrected chi connectivity index (χ4v) is 3.60. The molecule has 2 aromatic carbocycles. The summed E-state index contributed by atoms with van der Waals surface area (Å²) >= 11 is 0. The number of rotatable bonds is 6. The van der Waals surface area contributed by atoms with Crippen molar-refractivity contribution in [3.63, 3.8) is 0 Å². The Hall–Kier alpha value is -3.28. The van der Waals surface area contributed by atoms with Gasteiger partial charge in [0.05, 0.1) is 20.3 Å². The monoisotopic (exact) mass is 394 g/mol. The maximum atomic E-state index is 12.9. The van der Waals surface area contributed by atoms with Crippen LogP contribution in [-0.4, -0.2) is 37.5 Å². The fraction of sp³-hybridized carbons (Fsp3) is 0.304. The van der Waals surface area contributed by atoms with Crippen LogP contribution in [0.3, 0.4) is 0 Å². The number of hydrogen-bond acceptors (Lipinski definition) is 4. The van der Waals surface area contributed by atoms with Crippen molar-refractivity contribution >= 4 is 23.6 Å². The zero-order chi connectivity index (χ0) is 20.8. The molecular weight excluding hydrogens is 368 g/mol. The molecule has 2 amide bonds. The van der Waals surface area contributed by atoms with Crippen LogP contribution >= 0.6 is 0 Å². The van der Waals surface area contributed by atoms with Gasteiger partial charge in [-0.1, -0.05) is 12.1 Å². The van der Waals surface area contributed by atoms with Crippen LogP contribution in [-0.2, 0) is 9.59 Å². The van der Waals surface area contributed by atoms with E-state index in [9.17, 15) is 9.59 Å². The highest BCUT2D eigenvalue weighted by molar-refractivity contribution is 5.92. The SMILES string of the molecule is COc1ccc(OC)c(C2CCCN2C(=O)/C=C\c2ccc(NC(C)=O)cc2)c1. The molecule has 1 unspecified atom stereocenters. The van der Waals surface area contributed by atoms with E-state index in [2.05, 4.69) is 5.32 Å². The second-order valence-electron chi connectivity index (χ2n) is 6.93. The molecule has 1 aliphatic heterocycles. The van der Waals surface area contributed by atoms with E-state index in [1.807, 2.05) is 47.4 Å². The van der Waals surface area contributed by atoms with E-state index < -0.39 is 0 Å². The number of nitrogens with one attached hydrogen (secondary N) is 1. The van der Waals surface area contributed by atoms with Gasteiger partial charge in [-0.25, -0.2) is 0 Å². The van der Waals surface area contributed by atoms with Crippen molar-refractivity contribution in [2.24, 2.45) is 0 Å². The maximum Gasteiger partial charge on any atom is 0.247 e. The number of methoxy groups -OCH3 is 2. The Morgan fingerprint density at radius 1 is 1.10 bits per heavy atom. The average molecular weight is 394 g/mol. The van der Waals surface area contributed by atoms with E-state index >= 15 is 0 Å². The van der Waals surface area contributed by atoms with Gasteiger partial charge < -0.3 is 19.7 Å². The molecule has 0 aromatic heterocycles. The van der Waals surface area contributed by atoms with E-state index in [1.54, 1.807) is 26.4 Å². The zero-order valence-corrected chi connectivity index (χ0v) is 17.0. The normalized spacial score (nSPS) is 16.1. The van der Waals surface area contributed by atoms with Crippen molar-refractivity contribution in [1.29, 1.82) is 0 Å². The predicted octanol–water partition coefficient (Wildman–Crippen LogP) is 4.04. The third-order valence-corrected chi connectivity index (χ3v) is 4.98. The molecule has 0 aliphatic carbocycles. The van der Waals surface area contributed by atoms with Crippen LogP contribution in [0.1, 0.15) is 36.9 Å². The highest BCUT2D eigenvalue weighted by Crippen LogP contribution is 2.39. The van der Waals surface area contributed by atoms with Crippen LogP contribution in [0.15, 0.2) is 48.5 Å². The minimum absolute atomic E-state index is 0.0386. The lowest BCUT2D eigenvalue weighted by Gasteiger charge is -2.25. The average Bonchev–Trinajstić information content (AvgIpc) is 3.22. The Labute approximate surface area is 171 Å². The lowest BCUT2D eigenvalue weighted by atomic mass is 10.0. The summed E-state index contributed by atoms with van der Waals surface area (Å²) in [4.78, 5) is 25.9. The summed E-state index contributed by atoms with van der Waals surface area (Å²) in [6.45, 7) is 2.17. The van der Waals surface area contributed by atoms with Gasteiger partial charge in [-0.2, -0.15) is 0 Å². The molecule has 152 valence electrons. The minimum Gasteiger partial charge on any atom is -0.497 e. The van der Waals surface area contributed by atoms with Crippen LogP contribution < -0.4 is 14.8 Å². The van der Waals surface area contributed by atoms with Crippen LogP contribution in [0.4, 0.5) is 5.69 Å². The third-order valence-electron chi connectivity index (χ3n) is 4.98. The molecule has 6 heteroatoms. The van der Waals surface area contributed by atoms with Crippen LogP contribution in [0.25, 0.3) is 6.08 Å². The number of carbonyl (C=O) groups is 2. The molecule has 0 spiro atoms. The fourth-order valence-electron chi connectivity index (χ4n) is 3.60. The summed E-state index contributed by atoms with van der Waals surface area (Å²) in [5.74, 6) is 1.35. The molecule has 29 heavy (non-hydrogen) atoms. The minimum atomic E-state index is -0.114. The zero-order valence-electron chi connectivity index (χ0n) is 17.0. The number of carbonyl (C=O) groups excluding carboxylic acids is 2. The number of ether oxygens (including phenoxy) is 2. The molecule has 0 saturated carbocycles. The van der Waals surface area contributed by atoms with Crippen LogP contribution in [0, 0.1) is 0 Å². The topological polar surface area (TPSA) is 67.9 Å². The molecule has 1 N–H and O–H groups in total. The highest BCUT2D eigenvalue weighted by atomic mass is 16.5. The van der Waals surface area contributed by atoms with Crippen molar-refractivity contribution in [3.05, 3.63) is 59.7 Å². The second kappa shape index (κ2) is 9.28. The Balaban J connectivity index is 1.75. The molecule has 1 saturated heterocycles. The van der Waals surface area contributed by atoms with E-state index in [-0.39, 0.29) is 17.9 Å². The summed E-state index contributed by atoms with van der Waals surface area (Å²) in [5.41, 5.74) is 2.58. The summed E-state index contributed by atoms with van der Waals surface area (Å²) in [5, 5.41) is 2.73. The van der Waals surface area contributed by atoms with Gasteiger partial charge in [-0.15, -0.1) is 0 Å². The predicted molar refractivity (Wildman–Crippen MR) is 113 cm³/mol. The van der Waals surface area contributed by atoms with Crippen molar-refractivity contribution in [1.82, 2.24) is 4.90 Å². The lowest BCUT2D eigenvalue weighted by molar-refractivity contribution is -0.126. The first-order valence-electron chi connectivity index (χ1n) is 9.60. The summed E-state index contributed by atoms with van der Waals surface area (Å²) in [6.07, 6.45) is 5.21. The van der Waals surface area contributed by atoms with Crippen molar-refractivity contribution < 1.29 is 19.1 Å². The van der Waals surface area contributed by atoms with Crippen molar-refractivity contribution in [2.75, 3.05) is 26.1 Å². The van der Waals surface area contributed by atoms with Crippen LogP contribution in [0.5, 0.6) is 11.5 Å². The van der Waals surface area contributed by atoms with Gasteiger partial charge in [0.2, 0.25) is 11.8 Å². The Kier molecular flexibility index (Phi) is 6.54. The molecule has 3 rings (SSSR count). The maximum absolute atomic E-state index is 12.9. The summed E-state index contributed by atoms with van der Waals surface area (Å²) < 4.78 is 10.9. The van der Waals surface area contributed by atoms with Gasteiger partial charge in [-0.3, -0.25) is 9.59 Å². The molecular formula is C23H26N2O4. The Bertz CT molecular complexity index is 906. The number of hydrogen-bond donors (Lipinski definition) is 1. The third kappa shape index (κ3) is 4.96. The molecule has 1 heterocycles. The van der Waals surface area contributed by atoms with Crippen molar-refractivity contribution in [3.8, 4) is 11.5 Å². The highest BCUT2D eigenvalue weighted by Gasteiger charge is 2.31. The van der Waals surface area contributed by atoms with Crippen molar-refractivity contribution in [2.45, 2.75) is 25.8 Å². The molecule has 6 nitrogen and oxygen atoms in total. The Morgan fingerprint density at radius 2 is 1.86 bits per heavy atom. The van der Waals surface area contributed by atoms with E-state index in [0.717, 1.165) is 41.2 Å². The summed E-state index contributed by atoms with van der Waals surface area (Å²) in [6, 6.07) is 13.0. The standard InChI is InChI=1S/C23H26N2O4/c1-16(26)24-18-9-6-17(7-10-18)8-13-23(27)25-14-4-5-21(25)20-15-19(28-2)11-12-22(20)29-3/h6-13,15,21H,4-5,14H2,1-3H3,(H,24,26)/b13-8-. The van der Waals surface area contributed by atoms with Gasteiger partial charge in [-0.05, 0) is 54.8 Å². The van der Waals surface area contributed by atoms with Gasteiger partial charge in [0.15, 0.2) is 0 Å². The molecule has 0 bridgehead atoms. The second-order valence-corrected chi connectivity index (χ2v) is 6.93. The smallest absolute Gasteiger partial charge is 0.247 e. The van der Waals surface area contributed by atoms with Gasteiger partial charge >= 0.3 is 0 Å². The van der Waals surface area contributed by atoms with E-state index in [4.69, 9.17) is 9.47 Å². The number of benzene rings is 2. The molecule has 1 aliphatic rings. The number of likely N-dealkylation sites (tertiary alicyclic amines) is 1. The van der Waals surface area contributed by atoms with E-state index in [1.165, 1.54) is 6.92 Å². The number of amides is 2. The van der Waals surface area contributed by atoms with Gasteiger partial charge in [0.25, 0.3) is 0 Å². The van der Waals surface area contributed by atoms with Crippen LogP contribution in [0.2, 0.25) is 0 Å². The Morgan fingerprint density at radius 3 is 2.52 bits per heavy atom. The summed E-state index contributed by atoms with van der Waals surface area (Å²) in [7, 11) is 3.26. The molecule has 2 aromatic rings. The molecule has 1 fully saturated rings. The first-order valence-corrected chi connectivity index (χ1v) is 9.60. The van der Waals surface area contributed by atoms with E-state index in [0.29, 0.717) is 6.54 Å². The van der Waals surface area contributed by atoms with Gasteiger partial charge in [0, 0.05) is 30.8 Å². The first kappa shape index (κ1) is 20.5. The quantitative estimate of drug-likeness (QED) is 0.751. The lowest BCUT2D eigenvalue weighted by Crippen LogP contribution is -2.29. The number of nitrogens with zero attached hydrogens (tertiary/aromatic N) is 1. The largest absolute Gasteiger partial charge is 0.497 e. The van der Waals surface area contributed by atoms with Gasteiger partial charge in [0.1, 0.15) is 11.5 Å². The molecule has 0 radical (unpaired) electrons.